The van der Waals surface area contributed by atoms with Crippen LogP contribution in [0.2, 0.25) is 0 Å². The van der Waals surface area contributed by atoms with Gasteiger partial charge in [0.1, 0.15) is 5.69 Å². The van der Waals surface area contributed by atoms with E-state index in [1.807, 2.05) is 20.8 Å². The monoisotopic (exact) mass is 343 g/mol. The van der Waals surface area contributed by atoms with Crippen molar-refractivity contribution in [3.8, 4) is 0 Å². The fourth-order valence-electron chi connectivity index (χ4n) is 3.26. The van der Waals surface area contributed by atoms with Gasteiger partial charge in [0, 0.05) is 18.5 Å². The Bertz CT molecular complexity index is 574. The molecule has 1 aliphatic rings. The number of hydrogen-bond donors (Lipinski definition) is 2. The summed E-state index contributed by atoms with van der Waals surface area (Å²) in [6, 6.07) is 0. The first-order valence-corrected chi connectivity index (χ1v) is 8.54. The summed E-state index contributed by atoms with van der Waals surface area (Å²) < 4.78 is 28.0. The molecule has 2 atom stereocenters. The molecule has 0 aliphatic heterocycles. The third-order valence-corrected chi connectivity index (χ3v) is 4.80. The van der Waals surface area contributed by atoms with Gasteiger partial charge in [-0.2, -0.15) is 5.10 Å². The molecular formula is C17H27F2N3O2. The quantitative estimate of drug-likeness (QED) is 0.834. The number of hydrogen-bond acceptors (Lipinski definition) is 3. The first-order valence-electron chi connectivity index (χ1n) is 8.54. The van der Waals surface area contributed by atoms with Gasteiger partial charge in [-0.3, -0.25) is 9.48 Å². The zero-order valence-corrected chi connectivity index (χ0v) is 14.6. The van der Waals surface area contributed by atoms with Crippen molar-refractivity contribution in [1.29, 1.82) is 0 Å². The van der Waals surface area contributed by atoms with E-state index in [1.165, 1.54) is 10.9 Å². The molecule has 0 saturated heterocycles. The lowest BCUT2D eigenvalue weighted by Gasteiger charge is -2.38. The Balaban J connectivity index is 2.10. The lowest BCUT2D eigenvalue weighted by atomic mass is 9.73. The van der Waals surface area contributed by atoms with Crippen LogP contribution in [0.15, 0.2) is 6.20 Å². The largest absolute Gasteiger partial charge is 0.392 e. The SMILES string of the molecule is CC(C)Cn1ncc(C(=O)NCC2(C)CCCCC2O)c1C(F)F. The second kappa shape index (κ2) is 7.59. The van der Waals surface area contributed by atoms with Gasteiger partial charge in [-0.05, 0) is 18.8 Å². The van der Waals surface area contributed by atoms with Crippen LogP contribution in [-0.4, -0.2) is 33.4 Å². The van der Waals surface area contributed by atoms with Gasteiger partial charge in [0.05, 0.1) is 17.9 Å². The van der Waals surface area contributed by atoms with Crippen molar-refractivity contribution in [1.82, 2.24) is 15.1 Å². The van der Waals surface area contributed by atoms with E-state index >= 15 is 0 Å². The lowest BCUT2D eigenvalue weighted by molar-refractivity contribution is 0.00186. The third-order valence-electron chi connectivity index (χ3n) is 4.80. The van der Waals surface area contributed by atoms with E-state index in [9.17, 15) is 18.7 Å². The summed E-state index contributed by atoms with van der Waals surface area (Å²) >= 11 is 0. The van der Waals surface area contributed by atoms with Crippen LogP contribution in [0.1, 0.15) is 68.9 Å². The molecule has 0 bridgehead atoms. The molecule has 1 heterocycles. The number of carbonyl (C=O) groups is 1. The minimum Gasteiger partial charge on any atom is -0.392 e. The van der Waals surface area contributed by atoms with E-state index in [4.69, 9.17) is 0 Å². The number of halogens is 2. The van der Waals surface area contributed by atoms with Gasteiger partial charge in [-0.25, -0.2) is 8.78 Å². The highest BCUT2D eigenvalue weighted by atomic mass is 19.3. The van der Waals surface area contributed by atoms with Crippen molar-refractivity contribution in [2.75, 3.05) is 6.54 Å². The van der Waals surface area contributed by atoms with Crippen molar-refractivity contribution < 1.29 is 18.7 Å². The van der Waals surface area contributed by atoms with Crippen LogP contribution in [0.5, 0.6) is 0 Å². The molecule has 1 aromatic rings. The smallest absolute Gasteiger partial charge is 0.280 e. The molecule has 2 rings (SSSR count). The van der Waals surface area contributed by atoms with E-state index in [0.717, 1.165) is 19.3 Å². The molecule has 1 amide bonds. The molecule has 1 aromatic heterocycles. The summed E-state index contributed by atoms with van der Waals surface area (Å²) in [5.41, 5.74) is -0.831. The molecule has 2 unspecified atom stereocenters. The van der Waals surface area contributed by atoms with Crippen molar-refractivity contribution in [2.24, 2.45) is 11.3 Å². The van der Waals surface area contributed by atoms with Crippen LogP contribution in [-0.2, 0) is 6.54 Å². The lowest BCUT2D eigenvalue weighted by Crippen LogP contribution is -2.45. The summed E-state index contributed by atoms with van der Waals surface area (Å²) in [4.78, 5) is 12.4. The van der Waals surface area contributed by atoms with Crippen molar-refractivity contribution in [3.05, 3.63) is 17.5 Å². The average Bonchev–Trinajstić information content (AvgIpc) is 2.91. The Labute approximate surface area is 141 Å². The van der Waals surface area contributed by atoms with E-state index < -0.39 is 23.9 Å². The van der Waals surface area contributed by atoms with Crippen LogP contribution in [0.3, 0.4) is 0 Å². The van der Waals surface area contributed by atoms with Crippen LogP contribution >= 0.6 is 0 Å². The fraction of sp³-hybridized carbons (Fsp3) is 0.765. The molecule has 24 heavy (non-hydrogen) atoms. The highest BCUT2D eigenvalue weighted by Crippen LogP contribution is 2.35. The van der Waals surface area contributed by atoms with Gasteiger partial charge in [0.25, 0.3) is 12.3 Å². The Hall–Kier alpha value is -1.50. The van der Waals surface area contributed by atoms with Gasteiger partial charge in [-0.1, -0.05) is 33.6 Å². The van der Waals surface area contributed by atoms with Crippen LogP contribution in [0.25, 0.3) is 0 Å². The number of aliphatic hydroxyl groups is 1. The topological polar surface area (TPSA) is 67.2 Å². The number of rotatable bonds is 6. The van der Waals surface area contributed by atoms with E-state index in [2.05, 4.69) is 10.4 Å². The predicted octanol–water partition coefficient (Wildman–Crippen LogP) is 3.15. The van der Waals surface area contributed by atoms with Crippen LogP contribution in [0, 0.1) is 11.3 Å². The third kappa shape index (κ3) is 4.12. The molecule has 0 aromatic carbocycles. The molecule has 1 aliphatic carbocycles. The fourth-order valence-corrected chi connectivity index (χ4v) is 3.26. The number of carbonyl (C=O) groups excluding carboxylic acids is 1. The van der Waals surface area contributed by atoms with Crippen LogP contribution in [0.4, 0.5) is 8.78 Å². The minimum absolute atomic E-state index is 0.0838. The van der Waals surface area contributed by atoms with Crippen LogP contribution < -0.4 is 5.32 Å². The maximum absolute atomic E-state index is 13.4. The Morgan fingerprint density at radius 3 is 2.79 bits per heavy atom. The molecule has 5 nitrogen and oxygen atoms in total. The average molecular weight is 343 g/mol. The highest BCUT2D eigenvalue weighted by molar-refractivity contribution is 5.95. The number of nitrogens with zero attached hydrogens (tertiary/aromatic N) is 2. The Morgan fingerprint density at radius 2 is 2.21 bits per heavy atom. The molecule has 7 heteroatoms. The Kier molecular flexibility index (Phi) is 5.96. The number of nitrogens with one attached hydrogen (secondary N) is 1. The molecule has 136 valence electrons. The maximum atomic E-state index is 13.4. The second-order valence-electron chi connectivity index (χ2n) is 7.42. The van der Waals surface area contributed by atoms with E-state index in [0.29, 0.717) is 13.0 Å². The highest BCUT2D eigenvalue weighted by Gasteiger charge is 2.36. The minimum atomic E-state index is -2.76. The predicted molar refractivity (Wildman–Crippen MR) is 86.9 cm³/mol. The zero-order chi connectivity index (χ0) is 17.9. The van der Waals surface area contributed by atoms with Crippen molar-refractivity contribution in [3.63, 3.8) is 0 Å². The number of aliphatic hydroxyl groups excluding tert-OH is 1. The van der Waals surface area contributed by atoms with Crippen molar-refractivity contribution >= 4 is 5.91 Å². The molecule has 0 spiro atoms. The maximum Gasteiger partial charge on any atom is 0.280 e. The Morgan fingerprint density at radius 1 is 1.50 bits per heavy atom. The summed E-state index contributed by atoms with van der Waals surface area (Å²) in [7, 11) is 0. The zero-order valence-electron chi connectivity index (χ0n) is 14.6. The first-order chi connectivity index (χ1) is 11.2. The van der Waals surface area contributed by atoms with Crippen molar-refractivity contribution in [2.45, 2.75) is 65.5 Å². The van der Waals surface area contributed by atoms with Gasteiger partial charge in [0.2, 0.25) is 0 Å². The number of alkyl halides is 2. The molecule has 1 fully saturated rings. The first kappa shape index (κ1) is 18.8. The van der Waals surface area contributed by atoms with Gasteiger partial charge >= 0.3 is 0 Å². The van der Waals surface area contributed by atoms with Gasteiger partial charge in [-0.15, -0.1) is 0 Å². The standard InChI is InChI=1S/C17H27F2N3O2/c1-11(2)9-22-14(15(18)19)12(8-21-22)16(24)20-10-17(3)7-5-4-6-13(17)23/h8,11,13,15,23H,4-7,9-10H2,1-3H3,(H,20,24). The van der Waals surface area contributed by atoms with Gasteiger partial charge in [0.15, 0.2) is 0 Å². The summed E-state index contributed by atoms with van der Waals surface area (Å²) in [5, 5.41) is 16.8. The summed E-state index contributed by atoms with van der Waals surface area (Å²) in [5.74, 6) is -0.408. The second-order valence-corrected chi connectivity index (χ2v) is 7.42. The number of amides is 1. The normalized spacial score (nSPS) is 24.6. The summed E-state index contributed by atoms with van der Waals surface area (Å²) in [6.07, 6.45) is 1.45. The molecular weight excluding hydrogens is 316 g/mol. The van der Waals surface area contributed by atoms with E-state index in [-0.39, 0.29) is 23.7 Å². The summed E-state index contributed by atoms with van der Waals surface area (Å²) in [6.45, 7) is 6.34. The van der Waals surface area contributed by atoms with E-state index in [1.54, 1.807) is 0 Å². The number of aromatic nitrogens is 2. The molecule has 1 saturated carbocycles. The van der Waals surface area contributed by atoms with Gasteiger partial charge < -0.3 is 10.4 Å². The molecule has 2 N–H and O–H groups in total. The molecule has 0 radical (unpaired) electrons.